The van der Waals surface area contributed by atoms with Crippen molar-refractivity contribution in [2.24, 2.45) is 0 Å². The van der Waals surface area contributed by atoms with E-state index < -0.39 is 5.91 Å². The fourth-order valence-corrected chi connectivity index (χ4v) is 1.69. The van der Waals surface area contributed by atoms with Gasteiger partial charge in [0.05, 0.1) is 24.7 Å². The van der Waals surface area contributed by atoms with Gasteiger partial charge in [0.2, 0.25) is 5.91 Å². The van der Waals surface area contributed by atoms with Crippen molar-refractivity contribution in [3.05, 3.63) is 42.4 Å². The number of ether oxygens (including phenoxy) is 1. The first-order chi connectivity index (χ1) is 10.1. The Hall–Kier alpha value is -2.76. The minimum Gasteiger partial charge on any atom is -0.497 e. The second kappa shape index (κ2) is 6.60. The number of hydrogen-bond donors (Lipinski definition) is 2. The average Bonchev–Trinajstić information content (AvgIpc) is 3.03. The quantitative estimate of drug-likeness (QED) is 0.886. The molecule has 0 unspecified atom stereocenters. The number of furan rings is 1. The van der Waals surface area contributed by atoms with E-state index in [9.17, 15) is 9.59 Å². The molecule has 110 valence electrons. The van der Waals surface area contributed by atoms with Gasteiger partial charge in [0, 0.05) is 12.5 Å². The highest BCUT2D eigenvalue weighted by atomic mass is 16.5. The molecule has 1 aromatic carbocycles. The molecule has 1 aromatic heterocycles. The van der Waals surface area contributed by atoms with Gasteiger partial charge in [-0.15, -0.1) is 0 Å². The molecular weight excluding hydrogens is 272 g/mol. The van der Waals surface area contributed by atoms with Crippen LogP contribution in [0.2, 0.25) is 0 Å². The lowest BCUT2D eigenvalue weighted by molar-refractivity contribution is -0.115. The Balaban J connectivity index is 2.26. The van der Waals surface area contributed by atoms with Crippen LogP contribution in [0.4, 0.5) is 11.4 Å². The van der Waals surface area contributed by atoms with Gasteiger partial charge in [-0.05, 0) is 24.3 Å². The number of amides is 2. The Labute approximate surface area is 122 Å². The lowest BCUT2D eigenvalue weighted by Gasteiger charge is -2.12. The predicted molar refractivity (Wildman–Crippen MR) is 78.6 cm³/mol. The number of carbonyl (C=O) groups excluding carboxylic acids is 2. The van der Waals surface area contributed by atoms with Crippen LogP contribution in [0, 0.1) is 0 Å². The summed E-state index contributed by atoms with van der Waals surface area (Å²) >= 11 is 0. The summed E-state index contributed by atoms with van der Waals surface area (Å²) in [6.45, 7) is 1.75. The predicted octanol–water partition coefficient (Wildman–Crippen LogP) is 2.89. The Bertz CT molecular complexity index is 635. The van der Waals surface area contributed by atoms with E-state index in [-0.39, 0.29) is 11.7 Å². The molecule has 2 rings (SSSR count). The highest BCUT2D eigenvalue weighted by Crippen LogP contribution is 2.27. The number of benzene rings is 1. The molecule has 2 N–H and O–H groups in total. The van der Waals surface area contributed by atoms with Gasteiger partial charge in [-0.1, -0.05) is 6.92 Å². The van der Waals surface area contributed by atoms with Crippen molar-refractivity contribution in [1.82, 2.24) is 0 Å². The summed E-state index contributed by atoms with van der Waals surface area (Å²) in [5.41, 5.74) is 0.945. The third-order valence-corrected chi connectivity index (χ3v) is 2.82. The maximum Gasteiger partial charge on any atom is 0.291 e. The monoisotopic (exact) mass is 288 g/mol. The first-order valence-corrected chi connectivity index (χ1v) is 6.46. The molecule has 2 amide bonds. The minimum absolute atomic E-state index is 0.145. The molecule has 0 aliphatic heterocycles. The number of methoxy groups -OCH3 is 1. The summed E-state index contributed by atoms with van der Waals surface area (Å²) in [5, 5.41) is 5.41. The normalized spacial score (nSPS) is 10.0. The molecule has 0 radical (unpaired) electrons. The van der Waals surface area contributed by atoms with Crippen LogP contribution in [0.15, 0.2) is 41.0 Å². The Morgan fingerprint density at radius 2 is 2.00 bits per heavy atom. The molecule has 0 spiro atoms. The SMILES string of the molecule is CCC(=O)Nc1ccc(OC)cc1NC(=O)c1ccco1. The van der Waals surface area contributed by atoms with E-state index in [0.29, 0.717) is 23.5 Å². The number of nitrogens with one attached hydrogen (secondary N) is 2. The van der Waals surface area contributed by atoms with Crippen LogP contribution >= 0.6 is 0 Å². The van der Waals surface area contributed by atoms with Crippen LogP contribution in [0.25, 0.3) is 0 Å². The molecule has 0 atom stereocenters. The van der Waals surface area contributed by atoms with Gasteiger partial charge in [0.25, 0.3) is 5.91 Å². The van der Waals surface area contributed by atoms with Crippen molar-refractivity contribution >= 4 is 23.2 Å². The molecule has 0 bridgehead atoms. The molecule has 21 heavy (non-hydrogen) atoms. The molecular formula is C15H16N2O4. The summed E-state index contributed by atoms with van der Waals surface area (Å²) in [6, 6.07) is 8.18. The molecule has 0 saturated carbocycles. The Morgan fingerprint density at radius 1 is 1.19 bits per heavy atom. The molecule has 0 saturated heterocycles. The third-order valence-electron chi connectivity index (χ3n) is 2.82. The maximum absolute atomic E-state index is 12.0. The fraction of sp³-hybridized carbons (Fsp3) is 0.200. The van der Waals surface area contributed by atoms with E-state index in [1.54, 1.807) is 37.3 Å². The van der Waals surface area contributed by atoms with Crippen molar-refractivity contribution in [3.63, 3.8) is 0 Å². The van der Waals surface area contributed by atoms with Crippen molar-refractivity contribution in [3.8, 4) is 5.75 Å². The number of carbonyl (C=O) groups is 2. The van der Waals surface area contributed by atoms with Crippen molar-refractivity contribution < 1.29 is 18.7 Å². The Morgan fingerprint density at radius 3 is 2.62 bits per heavy atom. The van der Waals surface area contributed by atoms with E-state index in [1.807, 2.05) is 0 Å². The molecule has 0 fully saturated rings. The first-order valence-electron chi connectivity index (χ1n) is 6.46. The number of anilines is 2. The molecule has 6 heteroatoms. The van der Waals surface area contributed by atoms with Crippen LogP contribution in [0.3, 0.4) is 0 Å². The summed E-state index contributed by atoms with van der Waals surface area (Å²) in [6.07, 6.45) is 1.76. The minimum atomic E-state index is -0.403. The van der Waals surface area contributed by atoms with Crippen LogP contribution in [0.5, 0.6) is 5.75 Å². The molecule has 1 heterocycles. The second-order valence-corrected chi connectivity index (χ2v) is 4.24. The lowest BCUT2D eigenvalue weighted by Crippen LogP contribution is -2.15. The molecule has 0 aliphatic rings. The van der Waals surface area contributed by atoms with E-state index >= 15 is 0 Å². The standard InChI is InChI=1S/C15H16N2O4/c1-3-14(18)16-11-7-6-10(20-2)9-12(11)17-15(19)13-5-4-8-21-13/h4-9H,3H2,1-2H3,(H,16,18)(H,17,19). The van der Waals surface area contributed by atoms with Gasteiger partial charge in [0.1, 0.15) is 5.75 Å². The van der Waals surface area contributed by atoms with E-state index in [4.69, 9.17) is 9.15 Å². The van der Waals surface area contributed by atoms with Crippen molar-refractivity contribution in [1.29, 1.82) is 0 Å². The van der Waals surface area contributed by atoms with Gasteiger partial charge in [0.15, 0.2) is 5.76 Å². The molecule has 0 aliphatic carbocycles. The van der Waals surface area contributed by atoms with E-state index in [0.717, 1.165) is 0 Å². The van der Waals surface area contributed by atoms with Crippen molar-refractivity contribution in [2.75, 3.05) is 17.7 Å². The lowest BCUT2D eigenvalue weighted by atomic mass is 10.2. The summed E-state index contributed by atoms with van der Waals surface area (Å²) < 4.78 is 10.2. The van der Waals surface area contributed by atoms with Gasteiger partial charge in [-0.2, -0.15) is 0 Å². The van der Waals surface area contributed by atoms with Crippen LogP contribution in [0.1, 0.15) is 23.9 Å². The van der Waals surface area contributed by atoms with Gasteiger partial charge in [-0.3, -0.25) is 9.59 Å². The zero-order valence-corrected chi connectivity index (χ0v) is 11.8. The third kappa shape index (κ3) is 3.62. The average molecular weight is 288 g/mol. The summed E-state index contributed by atoms with van der Waals surface area (Å²) in [4.78, 5) is 23.6. The van der Waals surface area contributed by atoms with Gasteiger partial charge in [-0.25, -0.2) is 0 Å². The van der Waals surface area contributed by atoms with E-state index in [1.165, 1.54) is 13.4 Å². The molecule has 6 nitrogen and oxygen atoms in total. The zero-order valence-electron chi connectivity index (χ0n) is 11.8. The van der Waals surface area contributed by atoms with Crippen molar-refractivity contribution in [2.45, 2.75) is 13.3 Å². The summed E-state index contributed by atoms with van der Waals surface area (Å²) in [7, 11) is 1.53. The zero-order chi connectivity index (χ0) is 15.2. The molecule has 2 aromatic rings. The van der Waals surface area contributed by atoms with Crippen LogP contribution in [-0.2, 0) is 4.79 Å². The topological polar surface area (TPSA) is 80.6 Å². The van der Waals surface area contributed by atoms with Crippen LogP contribution < -0.4 is 15.4 Å². The summed E-state index contributed by atoms with van der Waals surface area (Å²) in [5.74, 6) is 0.207. The van der Waals surface area contributed by atoms with Gasteiger partial charge >= 0.3 is 0 Å². The highest BCUT2D eigenvalue weighted by Gasteiger charge is 2.13. The fourth-order valence-electron chi connectivity index (χ4n) is 1.69. The second-order valence-electron chi connectivity index (χ2n) is 4.24. The smallest absolute Gasteiger partial charge is 0.291 e. The number of rotatable bonds is 5. The van der Waals surface area contributed by atoms with E-state index in [2.05, 4.69) is 10.6 Å². The maximum atomic E-state index is 12.0. The van der Waals surface area contributed by atoms with Gasteiger partial charge < -0.3 is 19.8 Å². The largest absolute Gasteiger partial charge is 0.497 e. The highest BCUT2D eigenvalue weighted by molar-refractivity contribution is 6.05. The van der Waals surface area contributed by atoms with Crippen LogP contribution in [-0.4, -0.2) is 18.9 Å². The number of hydrogen-bond acceptors (Lipinski definition) is 4. The first kappa shape index (κ1) is 14.6. The Kier molecular flexibility index (Phi) is 4.61.